The summed E-state index contributed by atoms with van der Waals surface area (Å²) in [5.74, 6) is -0.815. The minimum Gasteiger partial charge on any atom is -0.507 e. The first-order chi connectivity index (χ1) is 10.9. The van der Waals surface area contributed by atoms with Gasteiger partial charge in [-0.1, -0.05) is 12.1 Å². The third-order valence-electron chi connectivity index (χ3n) is 4.47. The van der Waals surface area contributed by atoms with E-state index in [1.165, 1.54) is 12.1 Å². The minimum atomic E-state index is -4.64. The second kappa shape index (κ2) is 6.09. The fourth-order valence-electron chi connectivity index (χ4n) is 2.30. The molecule has 0 bridgehead atoms. The molecule has 0 spiro atoms. The first kappa shape index (κ1) is 18.8. The van der Waals surface area contributed by atoms with Crippen molar-refractivity contribution in [2.75, 3.05) is 6.54 Å². The van der Waals surface area contributed by atoms with Crippen LogP contribution in [0.4, 0.5) is 13.2 Å². The zero-order chi connectivity index (χ0) is 18.3. The van der Waals surface area contributed by atoms with Gasteiger partial charge < -0.3 is 20.1 Å². The van der Waals surface area contributed by atoms with E-state index in [0.717, 1.165) is 12.1 Å². The Morgan fingerprint density at radius 1 is 1.21 bits per heavy atom. The van der Waals surface area contributed by atoms with E-state index in [4.69, 9.17) is 15.0 Å². The van der Waals surface area contributed by atoms with Gasteiger partial charge in [0.2, 0.25) is 0 Å². The lowest BCUT2D eigenvalue weighted by molar-refractivity contribution is -0.138. The van der Waals surface area contributed by atoms with Crippen molar-refractivity contribution in [3.63, 3.8) is 0 Å². The normalized spacial score (nSPS) is 20.5. The summed E-state index contributed by atoms with van der Waals surface area (Å²) in [5.41, 5.74) is 4.27. The standard InChI is InChI=1S/C16H21BF3NO3/c1-14(2)15(3,4)24-17(23-14)11(9-21)7-10-5-6-13(22)12(8-10)16(18,19)20/h5-8,22H,9,21H2,1-4H3. The molecule has 0 aromatic heterocycles. The lowest BCUT2D eigenvalue weighted by atomic mass is 9.77. The predicted octanol–water partition coefficient (Wildman–Crippen LogP) is 3.38. The lowest BCUT2D eigenvalue weighted by Gasteiger charge is -2.32. The molecule has 24 heavy (non-hydrogen) atoms. The lowest BCUT2D eigenvalue weighted by Crippen LogP contribution is -2.41. The molecule has 0 amide bonds. The highest BCUT2D eigenvalue weighted by atomic mass is 19.4. The van der Waals surface area contributed by atoms with Crippen LogP contribution in [0, 0.1) is 0 Å². The maximum absolute atomic E-state index is 12.9. The molecule has 1 aliphatic rings. The molecule has 8 heteroatoms. The molecule has 132 valence electrons. The average molecular weight is 343 g/mol. The first-order valence-electron chi connectivity index (χ1n) is 7.54. The SMILES string of the molecule is CC1(C)OB(C(=Cc2ccc(O)c(C(F)(F)F)c2)CN)OC1(C)C. The molecule has 0 saturated carbocycles. The number of phenols is 1. The summed E-state index contributed by atoms with van der Waals surface area (Å²) in [4.78, 5) is 0. The molecule has 0 aliphatic carbocycles. The largest absolute Gasteiger partial charge is 0.507 e. The Morgan fingerprint density at radius 2 is 1.75 bits per heavy atom. The Labute approximate surface area is 139 Å². The predicted molar refractivity (Wildman–Crippen MR) is 86.2 cm³/mol. The van der Waals surface area contributed by atoms with E-state index in [9.17, 15) is 18.3 Å². The number of rotatable bonds is 3. The van der Waals surface area contributed by atoms with Crippen LogP contribution in [0.5, 0.6) is 5.75 Å². The maximum Gasteiger partial charge on any atom is 0.491 e. The Bertz CT molecular complexity index is 640. The molecular formula is C16H21BF3NO3. The number of alkyl halides is 3. The van der Waals surface area contributed by atoms with E-state index < -0.39 is 35.8 Å². The summed E-state index contributed by atoms with van der Waals surface area (Å²) in [6.45, 7) is 7.58. The van der Waals surface area contributed by atoms with Crippen molar-refractivity contribution in [2.24, 2.45) is 5.73 Å². The summed E-state index contributed by atoms with van der Waals surface area (Å²) >= 11 is 0. The Balaban J connectivity index is 2.36. The molecular weight excluding hydrogens is 322 g/mol. The molecule has 1 aromatic carbocycles. The van der Waals surface area contributed by atoms with Gasteiger partial charge in [0.05, 0.1) is 16.8 Å². The maximum atomic E-state index is 12.9. The second-order valence-electron chi connectivity index (χ2n) is 6.79. The van der Waals surface area contributed by atoms with Gasteiger partial charge in [-0.25, -0.2) is 0 Å². The van der Waals surface area contributed by atoms with Crippen LogP contribution in [-0.2, 0) is 15.5 Å². The van der Waals surface area contributed by atoms with E-state index >= 15 is 0 Å². The van der Waals surface area contributed by atoms with Gasteiger partial charge in [0.15, 0.2) is 0 Å². The Hall–Kier alpha value is -1.51. The minimum absolute atomic E-state index is 0.0685. The van der Waals surface area contributed by atoms with E-state index in [1.807, 2.05) is 27.7 Å². The van der Waals surface area contributed by atoms with E-state index in [-0.39, 0.29) is 12.1 Å². The van der Waals surface area contributed by atoms with Crippen LogP contribution < -0.4 is 5.73 Å². The van der Waals surface area contributed by atoms with Gasteiger partial charge >= 0.3 is 13.3 Å². The molecule has 0 atom stereocenters. The van der Waals surface area contributed by atoms with Crippen molar-refractivity contribution in [3.8, 4) is 5.75 Å². The summed E-state index contributed by atoms with van der Waals surface area (Å²) < 4.78 is 50.4. The molecule has 2 rings (SSSR count). The monoisotopic (exact) mass is 343 g/mol. The van der Waals surface area contributed by atoms with Crippen LogP contribution in [-0.4, -0.2) is 30.0 Å². The van der Waals surface area contributed by atoms with Crippen LogP contribution in [0.3, 0.4) is 0 Å². The zero-order valence-corrected chi connectivity index (χ0v) is 14.1. The number of halogens is 3. The fraction of sp³-hybridized carbons (Fsp3) is 0.500. The third kappa shape index (κ3) is 3.60. The first-order valence-corrected chi connectivity index (χ1v) is 7.54. The highest BCUT2D eigenvalue weighted by molar-refractivity contribution is 6.55. The number of hydrogen-bond donors (Lipinski definition) is 2. The van der Waals surface area contributed by atoms with Crippen LogP contribution >= 0.6 is 0 Å². The molecule has 1 heterocycles. The third-order valence-corrected chi connectivity index (χ3v) is 4.47. The summed E-state index contributed by atoms with van der Waals surface area (Å²) in [6.07, 6.45) is -3.14. The zero-order valence-electron chi connectivity index (χ0n) is 14.1. The molecule has 1 aliphatic heterocycles. The van der Waals surface area contributed by atoms with Crippen molar-refractivity contribution < 1.29 is 27.6 Å². The Morgan fingerprint density at radius 3 is 2.21 bits per heavy atom. The molecule has 1 aromatic rings. The average Bonchev–Trinajstić information content (AvgIpc) is 2.65. The van der Waals surface area contributed by atoms with Crippen LogP contribution in [0.15, 0.2) is 23.7 Å². The van der Waals surface area contributed by atoms with Gasteiger partial charge in [-0.3, -0.25) is 0 Å². The molecule has 1 saturated heterocycles. The number of benzene rings is 1. The quantitative estimate of drug-likeness (QED) is 0.826. The van der Waals surface area contributed by atoms with Gasteiger partial charge in [0.25, 0.3) is 0 Å². The topological polar surface area (TPSA) is 64.7 Å². The number of phenolic OH excluding ortho intramolecular Hbond substituents is 1. The number of nitrogens with two attached hydrogens (primary N) is 1. The Kier molecular flexibility index (Phi) is 4.78. The highest BCUT2D eigenvalue weighted by Gasteiger charge is 2.52. The number of aromatic hydroxyl groups is 1. The fourth-order valence-corrected chi connectivity index (χ4v) is 2.30. The van der Waals surface area contributed by atoms with Crippen LogP contribution in [0.25, 0.3) is 6.08 Å². The summed E-state index contributed by atoms with van der Waals surface area (Å²) in [5, 5.41) is 9.40. The molecule has 0 radical (unpaired) electrons. The summed E-state index contributed by atoms with van der Waals surface area (Å²) in [6, 6.07) is 3.26. The molecule has 4 nitrogen and oxygen atoms in total. The van der Waals surface area contributed by atoms with E-state index in [0.29, 0.717) is 5.47 Å². The van der Waals surface area contributed by atoms with Gasteiger partial charge in [0.1, 0.15) is 5.75 Å². The van der Waals surface area contributed by atoms with Crippen molar-refractivity contribution in [1.82, 2.24) is 0 Å². The highest BCUT2D eigenvalue weighted by Crippen LogP contribution is 2.39. The second-order valence-corrected chi connectivity index (χ2v) is 6.79. The van der Waals surface area contributed by atoms with Crippen LogP contribution in [0.2, 0.25) is 0 Å². The van der Waals surface area contributed by atoms with Gasteiger partial charge in [-0.15, -0.1) is 0 Å². The molecule has 0 unspecified atom stereocenters. The van der Waals surface area contributed by atoms with E-state index in [1.54, 1.807) is 0 Å². The van der Waals surface area contributed by atoms with Crippen molar-refractivity contribution in [3.05, 3.63) is 34.8 Å². The molecule has 3 N–H and O–H groups in total. The molecule has 1 fully saturated rings. The van der Waals surface area contributed by atoms with Crippen molar-refractivity contribution >= 4 is 13.2 Å². The smallest absolute Gasteiger partial charge is 0.491 e. The summed E-state index contributed by atoms with van der Waals surface area (Å²) in [7, 11) is -0.733. The van der Waals surface area contributed by atoms with Crippen LogP contribution in [0.1, 0.15) is 38.8 Å². The van der Waals surface area contributed by atoms with Crippen molar-refractivity contribution in [2.45, 2.75) is 45.1 Å². The van der Waals surface area contributed by atoms with E-state index in [2.05, 4.69) is 0 Å². The van der Waals surface area contributed by atoms with Gasteiger partial charge in [-0.05, 0) is 50.9 Å². The van der Waals surface area contributed by atoms with Crippen molar-refractivity contribution in [1.29, 1.82) is 0 Å². The van der Waals surface area contributed by atoms with Gasteiger partial charge in [-0.2, -0.15) is 13.2 Å². The van der Waals surface area contributed by atoms with Gasteiger partial charge in [0, 0.05) is 6.54 Å². The number of hydrogen-bond acceptors (Lipinski definition) is 4.